The molecule has 0 radical (unpaired) electrons. The molecule has 1 aliphatic rings. The lowest BCUT2D eigenvalue weighted by atomic mass is 9.90. The minimum absolute atomic E-state index is 0.171. The fourth-order valence-corrected chi connectivity index (χ4v) is 3.22. The third-order valence-corrected chi connectivity index (χ3v) is 4.23. The van der Waals surface area contributed by atoms with Crippen molar-refractivity contribution in [2.45, 2.75) is 65.5 Å². The van der Waals surface area contributed by atoms with Crippen molar-refractivity contribution in [2.24, 2.45) is 5.92 Å². The summed E-state index contributed by atoms with van der Waals surface area (Å²) in [4.78, 5) is 12.2. The Labute approximate surface area is 122 Å². The summed E-state index contributed by atoms with van der Waals surface area (Å²) in [6.07, 6.45) is 5.70. The van der Waals surface area contributed by atoms with Crippen molar-refractivity contribution in [2.75, 3.05) is 6.54 Å². The van der Waals surface area contributed by atoms with Gasteiger partial charge < -0.3 is 9.88 Å². The molecule has 20 heavy (non-hydrogen) atoms. The van der Waals surface area contributed by atoms with Gasteiger partial charge in [0.25, 0.3) is 5.56 Å². The van der Waals surface area contributed by atoms with Crippen molar-refractivity contribution in [3.63, 3.8) is 0 Å². The quantitative estimate of drug-likeness (QED) is 0.865. The SMILES string of the molecule is CCNC1CCCc2c1ccc(=O)n2CCCC(C)C. The van der Waals surface area contributed by atoms with Gasteiger partial charge in [-0.1, -0.05) is 26.8 Å². The molecule has 1 atom stereocenters. The van der Waals surface area contributed by atoms with E-state index in [1.54, 1.807) is 6.07 Å². The van der Waals surface area contributed by atoms with Gasteiger partial charge in [-0.2, -0.15) is 0 Å². The van der Waals surface area contributed by atoms with Crippen LogP contribution < -0.4 is 10.9 Å². The highest BCUT2D eigenvalue weighted by atomic mass is 16.1. The van der Waals surface area contributed by atoms with Crippen LogP contribution in [0.2, 0.25) is 0 Å². The number of nitrogens with zero attached hydrogens (tertiary/aromatic N) is 1. The lowest BCUT2D eigenvalue weighted by Gasteiger charge is -2.28. The van der Waals surface area contributed by atoms with Crippen LogP contribution in [0.4, 0.5) is 0 Å². The maximum absolute atomic E-state index is 12.2. The third-order valence-electron chi connectivity index (χ3n) is 4.23. The van der Waals surface area contributed by atoms with Gasteiger partial charge in [0.05, 0.1) is 0 Å². The van der Waals surface area contributed by atoms with Gasteiger partial charge in [0.1, 0.15) is 0 Å². The molecule has 2 rings (SSSR count). The molecule has 0 saturated heterocycles. The van der Waals surface area contributed by atoms with Crippen LogP contribution in [0, 0.1) is 5.92 Å². The Morgan fingerprint density at radius 1 is 1.40 bits per heavy atom. The Hall–Kier alpha value is -1.09. The van der Waals surface area contributed by atoms with Gasteiger partial charge in [-0.3, -0.25) is 4.79 Å². The highest BCUT2D eigenvalue weighted by Crippen LogP contribution is 2.28. The lowest BCUT2D eigenvalue weighted by Crippen LogP contribution is -2.31. The summed E-state index contributed by atoms with van der Waals surface area (Å²) < 4.78 is 2.03. The molecular weight excluding hydrogens is 248 g/mol. The van der Waals surface area contributed by atoms with E-state index < -0.39 is 0 Å². The fraction of sp³-hybridized carbons (Fsp3) is 0.706. The van der Waals surface area contributed by atoms with Crippen LogP contribution in [-0.2, 0) is 13.0 Å². The van der Waals surface area contributed by atoms with Gasteiger partial charge in [-0.05, 0) is 50.1 Å². The van der Waals surface area contributed by atoms with Crippen LogP contribution in [0.3, 0.4) is 0 Å². The van der Waals surface area contributed by atoms with Gasteiger partial charge in [-0.25, -0.2) is 0 Å². The second-order valence-electron chi connectivity index (χ2n) is 6.26. The highest BCUT2D eigenvalue weighted by molar-refractivity contribution is 5.27. The number of fused-ring (bicyclic) bond motifs is 1. The van der Waals surface area contributed by atoms with E-state index in [2.05, 4.69) is 26.1 Å². The molecule has 1 aliphatic carbocycles. The predicted octanol–water partition coefficient (Wildman–Crippen LogP) is 3.27. The Morgan fingerprint density at radius 2 is 2.20 bits per heavy atom. The van der Waals surface area contributed by atoms with Crippen LogP contribution in [0.1, 0.15) is 63.8 Å². The molecule has 1 aromatic heterocycles. The summed E-state index contributed by atoms with van der Waals surface area (Å²) in [5.74, 6) is 0.708. The number of nitrogens with one attached hydrogen (secondary N) is 1. The normalized spacial score (nSPS) is 18.3. The number of pyridine rings is 1. The Morgan fingerprint density at radius 3 is 2.90 bits per heavy atom. The standard InChI is InChI=1S/C17H28N2O/c1-4-18-15-8-5-9-16-14(15)10-11-17(20)19(16)12-6-7-13(2)3/h10-11,13,15,18H,4-9,12H2,1-3H3. The molecule has 1 N–H and O–H groups in total. The molecule has 0 bridgehead atoms. The molecule has 1 aromatic rings. The van der Waals surface area contributed by atoms with Crippen molar-refractivity contribution < 1.29 is 0 Å². The molecule has 0 aliphatic heterocycles. The zero-order valence-corrected chi connectivity index (χ0v) is 13.1. The summed E-state index contributed by atoms with van der Waals surface area (Å²) in [5.41, 5.74) is 2.80. The molecule has 0 aromatic carbocycles. The molecule has 0 spiro atoms. The summed E-state index contributed by atoms with van der Waals surface area (Å²) >= 11 is 0. The molecule has 3 nitrogen and oxygen atoms in total. The zero-order valence-electron chi connectivity index (χ0n) is 13.1. The summed E-state index contributed by atoms with van der Waals surface area (Å²) in [6.45, 7) is 8.48. The first-order valence-electron chi connectivity index (χ1n) is 8.09. The Balaban J connectivity index is 2.23. The number of aromatic nitrogens is 1. The largest absolute Gasteiger partial charge is 0.312 e. The predicted molar refractivity (Wildman–Crippen MR) is 84.1 cm³/mol. The average Bonchev–Trinajstić information content (AvgIpc) is 2.41. The summed E-state index contributed by atoms with van der Waals surface area (Å²) in [6, 6.07) is 4.23. The van der Waals surface area contributed by atoms with Crippen molar-refractivity contribution in [1.82, 2.24) is 9.88 Å². The van der Waals surface area contributed by atoms with Crippen molar-refractivity contribution in [3.05, 3.63) is 33.7 Å². The van der Waals surface area contributed by atoms with Crippen molar-refractivity contribution in [1.29, 1.82) is 0 Å². The molecule has 1 heterocycles. The average molecular weight is 276 g/mol. The first-order valence-corrected chi connectivity index (χ1v) is 8.09. The number of rotatable bonds is 6. The van der Waals surface area contributed by atoms with E-state index in [1.165, 1.54) is 30.5 Å². The second-order valence-corrected chi connectivity index (χ2v) is 6.26. The van der Waals surface area contributed by atoms with E-state index in [0.29, 0.717) is 12.0 Å². The maximum atomic E-state index is 12.2. The monoisotopic (exact) mass is 276 g/mol. The van der Waals surface area contributed by atoms with Crippen LogP contribution >= 0.6 is 0 Å². The van der Waals surface area contributed by atoms with E-state index in [4.69, 9.17) is 0 Å². The van der Waals surface area contributed by atoms with E-state index in [0.717, 1.165) is 25.9 Å². The smallest absolute Gasteiger partial charge is 0.250 e. The maximum Gasteiger partial charge on any atom is 0.250 e. The van der Waals surface area contributed by atoms with Crippen LogP contribution in [0.15, 0.2) is 16.9 Å². The Kier molecular flexibility index (Phi) is 5.41. The van der Waals surface area contributed by atoms with E-state index >= 15 is 0 Å². The van der Waals surface area contributed by atoms with Crippen LogP contribution in [0.5, 0.6) is 0 Å². The molecule has 0 saturated carbocycles. The van der Waals surface area contributed by atoms with Gasteiger partial charge in [0, 0.05) is 24.3 Å². The zero-order chi connectivity index (χ0) is 14.5. The first kappa shape index (κ1) is 15.3. The third kappa shape index (κ3) is 3.51. The van der Waals surface area contributed by atoms with Crippen LogP contribution in [-0.4, -0.2) is 11.1 Å². The molecule has 0 fully saturated rings. The summed E-state index contributed by atoms with van der Waals surface area (Å²) in [5, 5.41) is 3.55. The van der Waals surface area contributed by atoms with Gasteiger partial charge in [0.2, 0.25) is 0 Å². The molecule has 0 amide bonds. The number of hydrogen-bond acceptors (Lipinski definition) is 2. The summed E-state index contributed by atoms with van der Waals surface area (Å²) in [7, 11) is 0. The molecule has 3 heteroatoms. The minimum atomic E-state index is 0.171. The van der Waals surface area contributed by atoms with Gasteiger partial charge in [0.15, 0.2) is 0 Å². The second kappa shape index (κ2) is 7.07. The van der Waals surface area contributed by atoms with E-state index in [9.17, 15) is 4.79 Å². The van der Waals surface area contributed by atoms with Crippen molar-refractivity contribution in [3.8, 4) is 0 Å². The topological polar surface area (TPSA) is 34.0 Å². The van der Waals surface area contributed by atoms with E-state index in [1.807, 2.05) is 10.6 Å². The molecule has 1 unspecified atom stereocenters. The highest BCUT2D eigenvalue weighted by Gasteiger charge is 2.22. The van der Waals surface area contributed by atoms with Gasteiger partial charge >= 0.3 is 0 Å². The van der Waals surface area contributed by atoms with E-state index in [-0.39, 0.29) is 5.56 Å². The Bertz CT molecular complexity index is 490. The molecular formula is C17H28N2O. The molecule has 112 valence electrons. The van der Waals surface area contributed by atoms with Crippen molar-refractivity contribution >= 4 is 0 Å². The van der Waals surface area contributed by atoms with Crippen LogP contribution in [0.25, 0.3) is 0 Å². The lowest BCUT2D eigenvalue weighted by molar-refractivity contribution is 0.438. The van der Waals surface area contributed by atoms with Gasteiger partial charge in [-0.15, -0.1) is 0 Å². The first-order chi connectivity index (χ1) is 9.63. The fourth-order valence-electron chi connectivity index (χ4n) is 3.22. The number of hydrogen-bond donors (Lipinski definition) is 1. The minimum Gasteiger partial charge on any atom is -0.312 e.